The van der Waals surface area contributed by atoms with Gasteiger partial charge in [-0.1, -0.05) is 30.4 Å². The van der Waals surface area contributed by atoms with E-state index in [2.05, 4.69) is 5.32 Å². The maximum Gasteiger partial charge on any atom is 0.231 e. The zero-order valence-electron chi connectivity index (χ0n) is 18.9. The number of hydrogen-bond donors (Lipinski definition) is 1. The maximum absolute atomic E-state index is 13.4. The summed E-state index contributed by atoms with van der Waals surface area (Å²) in [5, 5.41) is 3.02. The highest BCUT2D eigenvalue weighted by Gasteiger charge is 2.66. The summed E-state index contributed by atoms with van der Waals surface area (Å²) in [5.74, 6) is 1.01. The number of rotatable bonds is 7. The molecule has 34 heavy (non-hydrogen) atoms. The van der Waals surface area contributed by atoms with Gasteiger partial charge >= 0.3 is 0 Å². The molecule has 2 unspecified atom stereocenters. The van der Waals surface area contributed by atoms with Crippen LogP contribution in [0.1, 0.15) is 11.1 Å². The molecule has 8 nitrogen and oxygen atoms in total. The van der Waals surface area contributed by atoms with Crippen molar-refractivity contribution in [2.75, 3.05) is 27.0 Å². The van der Waals surface area contributed by atoms with Crippen LogP contribution in [0.15, 0.2) is 54.6 Å². The Hall–Kier alpha value is -3.52. The fourth-order valence-corrected chi connectivity index (χ4v) is 5.51. The minimum absolute atomic E-state index is 0.0418. The third-order valence-corrected chi connectivity index (χ3v) is 7.16. The summed E-state index contributed by atoms with van der Waals surface area (Å²) in [6.07, 6.45) is 4.24. The molecule has 4 atom stereocenters. The summed E-state index contributed by atoms with van der Waals surface area (Å²) in [4.78, 5) is 28.4. The molecule has 4 aliphatic heterocycles. The van der Waals surface area contributed by atoms with E-state index in [1.807, 2.05) is 54.6 Å². The number of carbonyl (C=O) groups is 2. The fraction of sp³-hybridized carbons (Fsp3) is 0.385. The molecule has 8 heteroatoms. The summed E-state index contributed by atoms with van der Waals surface area (Å²) >= 11 is 0. The van der Waals surface area contributed by atoms with E-state index in [1.165, 1.54) is 0 Å². The highest BCUT2D eigenvalue weighted by molar-refractivity contribution is 5.93. The minimum atomic E-state index is -0.726. The maximum atomic E-state index is 13.4. The highest BCUT2D eigenvalue weighted by Crippen LogP contribution is 2.52. The van der Waals surface area contributed by atoms with Gasteiger partial charge in [-0.25, -0.2) is 0 Å². The lowest BCUT2D eigenvalue weighted by molar-refractivity contribution is -0.137. The zero-order valence-corrected chi connectivity index (χ0v) is 18.9. The number of amides is 2. The molecular formula is C26H26N2O6. The van der Waals surface area contributed by atoms with Crippen LogP contribution in [0.3, 0.4) is 0 Å². The number of nitrogens with one attached hydrogen (secondary N) is 1. The molecule has 0 aliphatic carbocycles. The fourth-order valence-electron chi connectivity index (χ4n) is 5.51. The van der Waals surface area contributed by atoms with E-state index in [0.29, 0.717) is 37.6 Å². The van der Waals surface area contributed by atoms with Crippen LogP contribution >= 0.6 is 0 Å². The summed E-state index contributed by atoms with van der Waals surface area (Å²) in [6.45, 7) is 1.57. The molecule has 0 saturated carbocycles. The number of nitrogens with zero attached hydrogens (tertiary/aromatic N) is 1. The Bertz CT molecular complexity index is 1160. The smallest absolute Gasteiger partial charge is 0.231 e. The minimum Gasteiger partial charge on any atom is -0.497 e. The van der Waals surface area contributed by atoms with Gasteiger partial charge in [0.15, 0.2) is 11.5 Å². The standard InChI is InChI=1S/C26H26N2O6/c1-31-18-5-2-16(3-6-18)9-11-27-24(29)22-20-8-10-26(34-20)14-28(25(30)23(22)26)13-17-4-7-19-21(12-17)33-15-32-19/h2-8,10,12,20,22-23H,9,11,13-15H2,1H3,(H,27,29)/t20-,22?,23?,26-/m0/s1. The van der Waals surface area contributed by atoms with Gasteiger partial charge in [0.1, 0.15) is 11.4 Å². The second kappa shape index (κ2) is 8.06. The Balaban J connectivity index is 1.12. The van der Waals surface area contributed by atoms with Gasteiger partial charge in [-0.05, 0) is 41.8 Å². The van der Waals surface area contributed by atoms with Crippen LogP contribution in [-0.2, 0) is 27.3 Å². The van der Waals surface area contributed by atoms with Crippen LogP contribution in [0, 0.1) is 11.8 Å². The second-order valence-corrected chi connectivity index (χ2v) is 9.17. The Morgan fingerprint density at radius 3 is 2.76 bits per heavy atom. The number of hydrogen-bond acceptors (Lipinski definition) is 6. The number of carbonyl (C=O) groups excluding carboxylic acids is 2. The van der Waals surface area contributed by atoms with Crippen LogP contribution in [0.4, 0.5) is 0 Å². The molecule has 2 aromatic rings. The predicted molar refractivity (Wildman–Crippen MR) is 121 cm³/mol. The molecule has 2 fully saturated rings. The highest BCUT2D eigenvalue weighted by atomic mass is 16.7. The first-order valence-electron chi connectivity index (χ1n) is 11.5. The van der Waals surface area contributed by atoms with E-state index >= 15 is 0 Å². The molecule has 0 aromatic heterocycles. The molecule has 0 radical (unpaired) electrons. The zero-order chi connectivity index (χ0) is 23.3. The predicted octanol–water partition coefficient (Wildman–Crippen LogP) is 2.06. The van der Waals surface area contributed by atoms with Gasteiger partial charge in [0.25, 0.3) is 0 Å². The molecule has 176 valence electrons. The normalized spacial score (nSPS) is 27.9. The van der Waals surface area contributed by atoms with Crippen molar-refractivity contribution in [2.45, 2.75) is 24.7 Å². The molecule has 2 saturated heterocycles. The third kappa shape index (κ3) is 3.40. The van der Waals surface area contributed by atoms with E-state index in [-0.39, 0.29) is 24.7 Å². The first-order valence-corrected chi connectivity index (χ1v) is 11.5. The van der Waals surface area contributed by atoms with Crippen molar-refractivity contribution < 1.29 is 28.5 Å². The molecule has 4 heterocycles. The van der Waals surface area contributed by atoms with E-state index in [1.54, 1.807) is 12.0 Å². The van der Waals surface area contributed by atoms with Crippen LogP contribution in [0.5, 0.6) is 17.2 Å². The number of methoxy groups -OCH3 is 1. The van der Waals surface area contributed by atoms with Crippen LogP contribution in [0.2, 0.25) is 0 Å². The largest absolute Gasteiger partial charge is 0.497 e. The van der Waals surface area contributed by atoms with Crippen LogP contribution in [-0.4, -0.2) is 55.4 Å². The number of fused-ring (bicyclic) bond motifs is 2. The summed E-state index contributed by atoms with van der Waals surface area (Å²) in [5.41, 5.74) is 1.33. The van der Waals surface area contributed by atoms with Crippen molar-refractivity contribution in [1.82, 2.24) is 10.2 Å². The summed E-state index contributed by atoms with van der Waals surface area (Å²) < 4.78 is 22.2. The van der Waals surface area contributed by atoms with Crippen molar-refractivity contribution in [3.63, 3.8) is 0 Å². The number of likely N-dealkylation sites (tertiary alicyclic amines) is 1. The molecule has 2 bridgehead atoms. The number of benzene rings is 2. The average Bonchev–Trinajstić information content (AvgIpc) is 3.61. The molecule has 4 aliphatic rings. The Labute approximate surface area is 197 Å². The molecular weight excluding hydrogens is 436 g/mol. The summed E-state index contributed by atoms with van der Waals surface area (Å²) in [7, 11) is 1.63. The van der Waals surface area contributed by atoms with Gasteiger partial charge in [0.05, 0.1) is 31.6 Å². The van der Waals surface area contributed by atoms with Gasteiger partial charge in [-0.15, -0.1) is 0 Å². The first-order chi connectivity index (χ1) is 16.6. The lowest BCUT2D eigenvalue weighted by Gasteiger charge is -2.23. The van der Waals surface area contributed by atoms with Gasteiger partial charge in [0.2, 0.25) is 18.6 Å². The number of ether oxygens (including phenoxy) is 4. The Morgan fingerprint density at radius 2 is 1.94 bits per heavy atom. The molecule has 1 N–H and O–H groups in total. The first kappa shape index (κ1) is 21.0. The van der Waals surface area contributed by atoms with Crippen molar-refractivity contribution >= 4 is 11.8 Å². The molecule has 2 aromatic carbocycles. The van der Waals surface area contributed by atoms with E-state index in [9.17, 15) is 9.59 Å². The quantitative estimate of drug-likeness (QED) is 0.634. The SMILES string of the molecule is COc1ccc(CCNC(=O)C2C3C(=O)N(Cc4ccc5c(c4)OCO5)C[C@@]34C=C[C@@H]2O4)cc1. The lowest BCUT2D eigenvalue weighted by Crippen LogP contribution is -2.44. The topological polar surface area (TPSA) is 86.3 Å². The van der Waals surface area contributed by atoms with Gasteiger partial charge < -0.3 is 29.2 Å². The lowest BCUT2D eigenvalue weighted by atomic mass is 9.77. The van der Waals surface area contributed by atoms with Crippen molar-refractivity contribution in [2.24, 2.45) is 11.8 Å². The second-order valence-electron chi connectivity index (χ2n) is 9.17. The summed E-state index contributed by atoms with van der Waals surface area (Å²) in [6, 6.07) is 13.5. The molecule has 6 rings (SSSR count). The van der Waals surface area contributed by atoms with Gasteiger partial charge in [-0.3, -0.25) is 9.59 Å². The third-order valence-electron chi connectivity index (χ3n) is 7.16. The molecule has 1 spiro atoms. The van der Waals surface area contributed by atoms with E-state index < -0.39 is 17.4 Å². The van der Waals surface area contributed by atoms with E-state index in [4.69, 9.17) is 18.9 Å². The monoisotopic (exact) mass is 462 g/mol. The van der Waals surface area contributed by atoms with Crippen molar-refractivity contribution in [3.8, 4) is 17.2 Å². The van der Waals surface area contributed by atoms with Gasteiger partial charge in [0, 0.05) is 13.1 Å². The van der Waals surface area contributed by atoms with Crippen LogP contribution in [0.25, 0.3) is 0 Å². The average molecular weight is 463 g/mol. The Kier molecular flexibility index (Phi) is 4.99. The van der Waals surface area contributed by atoms with Crippen LogP contribution < -0.4 is 19.5 Å². The Morgan fingerprint density at radius 1 is 1.15 bits per heavy atom. The van der Waals surface area contributed by atoms with Crippen molar-refractivity contribution in [3.05, 3.63) is 65.7 Å². The van der Waals surface area contributed by atoms with E-state index in [0.717, 1.165) is 16.9 Å². The van der Waals surface area contributed by atoms with Crippen molar-refractivity contribution in [1.29, 1.82) is 0 Å². The molecule has 2 amide bonds. The van der Waals surface area contributed by atoms with Gasteiger partial charge in [-0.2, -0.15) is 0 Å².